The van der Waals surface area contributed by atoms with Crippen LogP contribution in [0, 0.1) is 11.8 Å². The summed E-state index contributed by atoms with van der Waals surface area (Å²) in [5.74, 6) is 1.89. The van der Waals surface area contributed by atoms with E-state index in [1.807, 2.05) is 12.3 Å². The molecular weight excluding hydrogens is 256 g/mol. The van der Waals surface area contributed by atoms with Gasteiger partial charge >= 0.3 is 0 Å². The maximum atomic E-state index is 4.52. The highest BCUT2D eigenvalue weighted by atomic mass is 15.0. The predicted molar refractivity (Wildman–Crippen MR) is 88.1 cm³/mol. The smallest absolute Gasteiger partial charge is 0.0570 e. The number of hydrogen-bond acceptors (Lipinski definition) is 2. The largest absolute Gasteiger partial charge is 0.306 e. The number of hydrogen-bond donors (Lipinski definition) is 1. The molecule has 2 aliphatic rings. The SMILES string of the molecule is CC(NC1CCCCC1C1CCCCC1)c1ccccn1. The van der Waals surface area contributed by atoms with E-state index in [2.05, 4.69) is 29.4 Å². The summed E-state index contributed by atoms with van der Waals surface area (Å²) in [6.45, 7) is 2.27. The van der Waals surface area contributed by atoms with Crippen LogP contribution in [-0.4, -0.2) is 11.0 Å². The van der Waals surface area contributed by atoms with E-state index < -0.39 is 0 Å². The predicted octanol–water partition coefficient (Wildman–Crippen LogP) is 4.87. The van der Waals surface area contributed by atoms with Crippen molar-refractivity contribution >= 4 is 0 Å². The summed E-state index contributed by atoms with van der Waals surface area (Å²) < 4.78 is 0. The van der Waals surface area contributed by atoms with Gasteiger partial charge in [-0.1, -0.05) is 51.0 Å². The molecule has 21 heavy (non-hydrogen) atoms. The third kappa shape index (κ3) is 3.85. The molecule has 3 rings (SSSR count). The standard InChI is InChI=1S/C19H30N2/c1-15(18-12-7-8-14-20-18)21-19-13-6-5-11-17(19)16-9-3-2-4-10-16/h7-8,12,14-17,19,21H,2-6,9-11,13H2,1H3. The van der Waals surface area contributed by atoms with Gasteiger partial charge in [0.1, 0.15) is 0 Å². The summed E-state index contributed by atoms with van der Waals surface area (Å²) in [7, 11) is 0. The van der Waals surface area contributed by atoms with Crippen LogP contribution in [0.15, 0.2) is 24.4 Å². The van der Waals surface area contributed by atoms with Crippen LogP contribution in [0.5, 0.6) is 0 Å². The van der Waals surface area contributed by atoms with Crippen LogP contribution in [0.4, 0.5) is 0 Å². The van der Waals surface area contributed by atoms with Crippen molar-refractivity contribution in [2.24, 2.45) is 11.8 Å². The van der Waals surface area contributed by atoms with E-state index in [0.717, 1.165) is 11.8 Å². The quantitative estimate of drug-likeness (QED) is 0.854. The summed E-state index contributed by atoms with van der Waals surface area (Å²) in [4.78, 5) is 4.52. The lowest BCUT2D eigenvalue weighted by Gasteiger charge is -2.40. The van der Waals surface area contributed by atoms with Crippen molar-refractivity contribution in [1.29, 1.82) is 0 Å². The van der Waals surface area contributed by atoms with Gasteiger partial charge in [0.25, 0.3) is 0 Å². The Bertz CT molecular complexity index is 411. The lowest BCUT2D eigenvalue weighted by atomic mass is 9.71. The summed E-state index contributed by atoms with van der Waals surface area (Å²) in [6.07, 6.45) is 14.9. The van der Waals surface area contributed by atoms with Crippen molar-refractivity contribution in [2.75, 3.05) is 0 Å². The van der Waals surface area contributed by atoms with Gasteiger partial charge in [-0.15, -0.1) is 0 Å². The zero-order valence-electron chi connectivity index (χ0n) is 13.4. The van der Waals surface area contributed by atoms with E-state index in [1.165, 1.54) is 63.5 Å². The molecule has 1 aromatic rings. The number of nitrogens with zero attached hydrogens (tertiary/aromatic N) is 1. The van der Waals surface area contributed by atoms with E-state index in [4.69, 9.17) is 0 Å². The van der Waals surface area contributed by atoms with Crippen LogP contribution < -0.4 is 5.32 Å². The molecule has 1 heterocycles. The first-order valence-electron chi connectivity index (χ1n) is 9.01. The van der Waals surface area contributed by atoms with E-state index in [9.17, 15) is 0 Å². The van der Waals surface area contributed by atoms with E-state index in [0.29, 0.717) is 12.1 Å². The van der Waals surface area contributed by atoms with E-state index >= 15 is 0 Å². The molecule has 0 bridgehead atoms. The topological polar surface area (TPSA) is 24.9 Å². The average Bonchev–Trinajstić information content (AvgIpc) is 2.57. The van der Waals surface area contributed by atoms with Crippen molar-refractivity contribution in [3.8, 4) is 0 Å². The molecule has 3 unspecified atom stereocenters. The van der Waals surface area contributed by atoms with Gasteiger partial charge in [-0.3, -0.25) is 4.98 Å². The highest BCUT2D eigenvalue weighted by Crippen LogP contribution is 2.39. The summed E-state index contributed by atoms with van der Waals surface area (Å²) >= 11 is 0. The van der Waals surface area contributed by atoms with Gasteiger partial charge in [0.2, 0.25) is 0 Å². The maximum Gasteiger partial charge on any atom is 0.0570 e. The van der Waals surface area contributed by atoms with Crippen molar-refractivity contribution in [1.82, 2.24) is 10.3 Å². The van der Waals surface area contributed by atoms with Crippen LogP contribution in [-0.2, 0) is 0 Å². The summed E-state index contributed by atoms with van der Waals surface area (Å²) in [5.41, 5.74) is 1.19. The lowest BCUT2D eigenvalue weighted by Crippen LogP contribution is -2.43. The number of aromatic nitrogens is 1. The fourth-order valence-electron chi connectivity index (χ4n) is 4.53. The Balaban J connectivity index is 1.63. The second kappa shape index (κ2) is 7.40. The first-order valence-corrected chi connectivity index (χ1v) is 9.01. The van der Waals surface area contributed by atoms with Crippen molar-refractivity contribution < 1.29 is 0 Å². The third-order valence-electron chi connectivity index (χ3n) is 5.67. The van der Waals surface area contributed by atoms with Crippen LogP contribution >= 0.6 is 0 Å². The zero-order valence-corrected chi connectivity index (χ0v) is 13.4. The molecular formula is C19H30N2. The van der Waals surface area contributed by atoms with Crippen LogP contribution in [0.2, 0.25) is 0 Å². The third-order valence-corrected chi connectivity index (χ3v) is 5.67. The van der Waals surface area contributed by atoms with Crippen LogP contribution in [0.1, 0.15) is 76.4 Å². The Labute approximate surface area is 129 Å². The average molecular weight is 286 g/mol. The Kier molecular flexibility index (Phi) is 5.29. The monoisotopic (exact) mass is 286 g/mol. The minimum atomic E-state index is 0.375. The summed E-state index contributed by atoms with van der Waals surface area (Å²) in [5, 5.41) is 3.92. The Morgan fingerprint density at radius 1 is 1.00 bits per heavy atom. The molecule has 0 aliphatic heterocycles. The molecule has 0 radical (unpaired) electrons. The molecule has 2 fully saturated rings. The molecule has 0 aromatic carbocycles. The second-order valence-electron chi connectivity index (χ2n) is 7.10. The van der Waals surface area contributed by atoms with Crippen LogP contribution in [0.25, 0.3) is 0 Å². The zero-order chi connectivity index (χ0) is 14.5. The molecule has 1 aromatic heterocycles. The highest BCUT2D eigenvalue weighted by molar-refractivity contribution is 5.08. The van der Waals surface area contributed by atoms with Crippen molar-refractivity contribution in [3.63, 3.8) is 0 Å². The van der Waals surface area contributed by atoms with Crippen molar-refractivity contribution in [3.05, 3.63) is 30.1 Å². The van der Waals surface area contributed by atoms with Crippen molar-refractivity contribution in [2.45, 2.75) is 76.8 Å². The Morgan fingerprint density at radius 2 is 1.76 bits per heavy atom. The molecule has 3 atom stereocenters. The molecule has 1 N–H and O–H groups in total. The molecule has 2 nitrogen and oxygen atoms in total. The molecule has 116 valence electrons. The Hall–Kier alpha value is -0.890. The first kappa shape index (κ1) is 15.0. The summed E-state index contributed by atoms with van der Waals surface area (Å²) in [6, 6.07) is 7.33. The first-order chi connectivity index (χ1) is 10.3. The van der Waals surface area contributed by atoms with E-state index in [1.54, 1.807) is 0 Å². The van der Waals surface area contributed by atoms with Gasteiger partial charge in [-0.05, 0) is 43.7 Å². The number of nitrogens with one attached hydrogen (secondary N) is 1. The molecule has 2 saturated carbocycles. The highest BCUT2D eigenvalue weighted by Gasteiger charge is 2.33. The van der Waals surface area contributed by atoms with Gasteiger partial charge in [-0.2, -0.15) is 0 Å². The fourth-order valence-corrected chi connectivity index (χ4v) is 4.53. The maximum absolute atomic E-state index is 4.52. The minimum Gasteiger partial charge on any atom is -0.306 e. The molecule has 0 amide bonds. The normalized spacial score (nSPS) is 29.2. The number of pyridine rings is 1. The minimum absolute atomic E-state index is 0.375. The molecule has 2 heteroatoms. The number of rotatable bonds is 4. The van der Waals surface area contributed by atoms with Gasteiger partial charge in [-0.25, -0.2) is 0 Å². The Morgan fingerprint density at radius 3 is 2.52 bits per heavy atom. The van der Waals surface area contributed by atoms with E-state index in [-0.39, 0.29) is 0 Å². The fraction of sp³-hybridized carbons (Fsp3) is 0.737. The molecule has 2 aliphatic carbocycles. The van der Waals surface area contributed by atoms with Gasteiger partial charge in [0, 0.05) is 18.3 Å². The van der Waals surface area contributed by atoms with Gasteiger partial charge < -0.3 is 5.32 Å². The van der Waals surface area contributed by atoms with Crippen LogP contribution in [0.3, 0.4) is 0 Å². The second-order valence-corrected chi connectivity index (χ2v) is 7.10. The van der Waals surface area contributed by atoms with Gasteiger partial charge in [0.15, 0.2) is 0 Å². The van der Waals surface area contributed by atoms with Gasteiger partial charge in [0.05, 0.1) is 5.69 Å². The molecule has 0 spiro atoms. The molecule has 0 saturated heterocycles. The lowest BCUT2D eigenvalue weighted by molar-refractivity contribution is 0.143.